The van der Waals surface area contributed by atoms with E-state index in [1.807, 2.05) is 17.5 Å². The molecule has 2 aromatic heterocycles. The van der Waals surface area contributed by atoms with Crippen molar-refractivity contribution in [1.29, 1.82) is 0 Å². The van der Waals surface area contributed by atoms with Crippen LogP contribution in [0.5, 0.6) is 0 Å². The predicted molar refractivity (Wildman–Crippen MR) is 78.5 cm³/mol. The zero-order valence-electron chi connectivity index (χ0n) is 10.6. The summed E-state index contributed by atoms with van der Waals surface area (Å²) in [6.45, 7) is 0. The third-order valence-corrected chi connectivity index (χ3v) is 4.58. The molecule has 0 spiro atoms. The number of rotatable bonds is 2. The molecule has 3 aromatic rings. The van der Waals surface area contributed by atoms with Gasteiger partial charge in [-0.15, -0.1) is 11.3 Å². The number of nitrogens with zero attached hydrogens (tertiary/aromatic N) is 2. The number of anilines is 1. The van der Waals surface area contributed by atoms with E-state index in [2.05, 4.69) is 15.3 Å². The average Bonchev–Trinajstić information content (AvgIpc) is 3.06. The summed E-state index contributed by atoms with van der Waals surface area (Å²) in [5, 5.41) is 6.48. The van der Waals surface area contributed by atoms with E-state index in [9.17, 15) is 4.39 Å². The third kappa shape index (κ3) is 1.86. The highest BCUT2D eigenvalue weighted by Gasteiger charge is 2.23. The van der Waals surface area contributed by atoms with Crippen molar-refractivity contribution in [3.63, 3.8) is 0 Å². The maximum absolute atomic E-state index is 13.4. The van der Waals surface area contributed by atoms with Crippen molar-refractivity contribution in [3.8, 4) is 0 Å². The lowest BCUT2D eigenvalue weighted by Crippen LogP contribution is -2.09. The highest BCUT2D eigenvalue weighted by atomic mass is 32.1. The first-order valence-corrected chi connectivity index (χ1v) is 7.42. The van der Waals surface area contributed by atoms with Crippen LogP contribution < -0.4 is 5.32 Å². The van der Waals surface area contributed by atoms with Gasteiger partial charge in [-0.3, -0.25) is 0 Å². The van der Waals surface area contributed by atoms with Gasteiger partial charge in [0.15, 0.2) is 0 Å². The van der Waals surface area contributed by atoms with Crippen molar-refractivity contribution in [3.05, 3.63) is 52.9 Å². The Morgan fingerprint density at radius 3 is 3.15 bits per heavy atom. The van der Waals surface area contributed by atoms with Gasteiger partial charge >= 0.3 is 0 Å². The van der Waals surface area contributed by atoms with Crippen LogP contribution in [0.15, 0.2) is 36.0 Å². The van der Waals surface area contributed by atoms with Crippen LogP contribution in [0.1, 0.15) is 23.6 Å². The Hall–Kier alpha value is -2.01. The number of hydrogen-bond donors (Lipinski definition) is 1. The first-order chi connectivity index (χ1) is 9.81. The quantitative estimate of drug-likeness (QED) is 0.775. The van der Waals surface area contributed by atoms with Crippen LogP contribution in [0, 0.1) is 5.82 Å². The first kappa shape index (κ1) is 11.8. The molecule has 3 nitrogen and oxygen atoms in total. The molecule has 1 aromatic carbocycles. The molecular weight excluding hydrogens is 273 g/mol. The standard InChI is InChI=1S/C15H12FN3S/c16-10-3-1-9-2-4-13(12(9)7-10)19-14-11-5-6-20-15(11)18-8-17-14/h1,3,5-8,13H,2,4H2,(H,17,18,19). The summed E-state index contributed by atoms with van der Waals surface area (Å²) in [6, 6.07) is 7.18. The summed E-state index contributed by atoms with van der Waals surface area (Å²) in [5.74, 6) is 0.652. The Kier molecular flexibility index (Phi) is 2.67. The minimum Gasteiger partial charge on any atom is -0.363 e. The van der Waals surface area contributed by atoms with Crippen molar-refractivity contribution >= 4 is 27.4 Å². The molecule has 0 amide bonds. The second-order valence-corrected chi connectivity index (χ2v) is 5.84. The summed E-state index contributed by atoms with van der Waals surface area (Å²) >= 11 is 1.60. The smallest absolute Gasteiger partial charge is 0.138 e. The van der Waals surface area contributed by atoms with E-state index < -0.39 is 0 Å². The van der Waals surface area contributed by atoms with E-state index in [0.29, 0.717) is 0 Å². The first-order valence-electron chi connectivity index (χ1n) is 6.54. The molecule has 0 aliphatic heterocycles. The number of aryl methyl sites for hydroxylation is 1. The molecule has 1 unspecified atom stereocenters. The molecule has 1 aliphatic carbocycles. The van der Waals surface area contributed by atoms with Crippen LogP contribution >= 0.6 is 11.3 Å². The molecule has 2 heterocycles. The van der Waals surface area contributed by atoms with Crippen molar-refractivity contribution in [2.24, 2.45) is 0 Å². The van der Waals surface area contributed by atoms with E-state index in [1.165, 1.54) is 11.6 Å². The fraction of sp³-hybridized carbons (Fsp3) is 0.200. The highest BCUT2D eigenvalue weighted by molar-refractivity contribution is 7.16. The zero-order chi connectivity index (χ0) is 13.5. The summed E-state index contributed by atoms with van der Waals surface area (Å²) in [6.07, 6.45) is 3.52. The van der Waals surface area contributed by atoms with Crippen molar-refractivity contribution in [1.82, 2.24) is 9.97 Å². The molecule has 20 heavy (non-hydrogen) atoms. The number of benzene rings is 1. The van der Waals surface area contributed by atoms with Gasteiger partial charge in [-0.05, 0) is 47.5 Å². The number of hydrogen-bond acceptors (Lipinski definition) is 4. The van der Waals surface area contributed by atoms with Gasteiger partial charge in [0.25, 0.3) is 0 Å². The number of fused-ring (bicyclic) bond motifs is 2. The number of aromatic nitrogens is 2. The largest absolute Gasteiger partial charge is 0.363 e. The summed E-state index contributed by atoms with van der Waals surface area (Å²) < 4.78 is 13.4. The maximum atomic E-state index is 13.4. The van der Waals surface area contributed by atoms with Gasteiger partial charge in [-0.25, -0.2) is 14.4 Å². The molecule has 0 saturated heterocycles. The van der Waals surface area contributed by atoms with Crippen molar-refractivity contribution < 1.29 is 4.39 Å². The van der Waals surface area contributed by atoms with E-state index in [4.69, 9.17) is 0 Å². The van der Waals surface area contributed by atoms with Gasteiger partial charge in [-0.2, -0.15) is 0 Å². The summed E-state index contributed by atoms with van der Waals surface area (Å²) in [4.78, 5) is 9.54. The molecule has 5 heteroatoms. The minimum absolute atomic E-state index is 0.124. The Morgan fingerprint density at radius 1 is 1.25 bits per heavy atom. The lowest BCUT2D eigenvalue weighted by atomic mass is 10.1. The second kappa shape index (κ2) is 4.52. The Morgan fingerprint density at radius 2 is 2.20 bits per heavy atom. The van der Waals surface area contributed by atoms with Crippen LogP contribution in [0.25, 0.3) is 10.2 Å². The van der Waals surface area contributed by atoms with Crippen molar-refractivity contribution in [2.75, 3.05) is 5.32 Å². The Bertz CT molecular complexity index is 784. The molecule has 0 radical (unpaired) electrons. The van der Waals surface area contributed by atoms with Gasteiger partial charge in [0, 0.05) is 0 Å². The summed E-state index contributed by atoms with van der Waals surface area (Å²) in [7, 11) is 0. The molecule has 0 bridgehead atoms. The van der Waals surface area contributed by atoms with Crippen LogP contribution in [0.2, 0.25) is 0 Å². The minimum atomic E-state index is -0.180. The normalized spacial score (nSPS) is 17.4. The van der Waals surface area contributed by atoms with Crippen molar-refractivity contribution in [2.45, 2.75) is 18.9 Å². The fourth-order valence-corrected chi connectivity index (χ4v) is 3.53. The van der Waals surface area contributed by atoms with E-state index in [-0.39, 0.29) is 11.9 Å². The molecule has 1 aliphatic rings. The van der Waals surface area contributed by atoms with E-state index in [1.54, 1.807) is 23.7 Å². The zero-order valence-corrected chi connectivity index (χ0v) is 11.5. The van der Waals surface area contributed by atoms with E-state index in [0.717, 1.165) is 34.4 Å². The number of nitrogens with one attached hydrogen (secondary N) is 1. The highest BCUT2D eigenvalue weighted by Crippen LogP contribution is 2.35. The van der Waals surface area contributed by atoms with Gasteiger partial charge in [0.1, 0.15) is 22.8 Å². The molecule has 100 valence electrons. The van der Waals surface area contributed by atoms with Gasteiger partial charge in [-0.1, -0.05) is 6.07 Å². The predicted octanol–water partition coefficient (Wildman–Crippen LogP) is 3.93. The van der Waals surface area contributed by atoms with Crippen LogP contribution in [-0.4, -0.2) is 9.97 Å². The third-order valence-electron chi connectivity index (χ3n) is 3.76. The van der Waals surface area contributed by atoms with Gasteiger partial charge in [0.2, 0.25) is 0 Å². The fourth-order valence-electron chi connectivity index (χ4n) is 2.79. The topological polar surface area (TPSA) is 37.8 Å². The van der Waals surface area contributed by atoms with Crippen LogP contribution in [-0.2, 0) is 6.42 Å². The number of halogens is 1. The molecule has 0 fully saturated rings. The SMILES string of the molecule is Fc1ccc2c(c1)C(Nc1ncnc3sccc13)CC2. The second-order valence-electron chi connectivity index (χ2n) is 4.94. The monoisotopic (exact) mass is 285 g/mol. The molecular formula is C15H12FN3S. The van der Waals surface area contributed by atoms with E-state index >= 15 is 0 Å². The average molecular weight is 285 g/mol. The Balaban J connectivity index is 1.71. The number of thiophene rings is 1. The molecule has 4 rings (SSSR count). The lowest BCUT2D eigenvalue weighted by molar-refractivity contribution is 0.624. The lowest BCUT2D eigenvalue weighted by Gasteiger charge is -2.15. The molecule has 1 N–H and O–H groups in total. The summed E-state index contributed by atoms with van der Waals surface area (Å²) in [5.41, 5.74) is 2.27. The maximum Gasteiger partial charge on any atom is 0.138 e. The molecule has 1 atom stereocenters. The Labute approximate surface area is 119 Å². The van der Waals surface area contributed by atoms with Crippen LogP contribution in [0.4, 0.5) is 10.2 Å². The molecule has 0 saturated carbocycles. The van der Waals surface area contributed by atoms with Gasteiger partial charge < -0.3 is 5.32 Å². The van der Waals surface area contributed by atoms with Crippen LogP contribution in [0.3, 0.4) is 0 Å². The van der Waals surface area contributed by atoms with Gasteiger partial charge in [0.05, 0.1) is 11.4 Å².